The zero-order valence-electron chi connectivity index (χ0n) is 17.2. The number of benzene rings is 1. The number of fused-ring (bicyclic) bond motifs is 1. The van der Waals surface area contributed by atoms with Gasteiger partial charge < -0.3 is 9.47 Å². The van der Waals surface area contributed by atoms with Crippen LogP contribution in [0.15, 0.2) is 46.6 Å². The van der Waals surface area contributed by atoms with Gasteiger partial charge in [0.15, 0.2) is 5.17 Å². The van der Waals surface area contributed by atoms with Crippen LogP contribution in [-0.2, 0) is 14.3 Å². The van der Waals surface area contributed by atoms with Crippen molar-refractivity contribution < 1.29 is 19.1 Å². The molecule has 0 radical (unpaired) electrons. The first-order valence-electron chi connectivity index (χ1n) is 9.65. The van der Waals surface area contributed by atoms with Crippen molar-refractivity contribution in [3.05, 3.63) is 47.2 Å². The fraction of sp³-hybridized carbons (Fsp3) is 0.409. The molecule has 2 aliphatic heterocycles. The lowest BCUT2D eigenvalue weighted by atomic mass is 10.00. The Kier molecular flexibility index (Phi) is 6.79. The van der Waals surface area contributed by atoms with Gasteiger partial charge >= 0.3 is 5.97 Å². The molecule has 0 aliphatic carbocycles. The van der Waals surface area contributed by atoms with E-state index in [-0.39, 0.29) is 11.8 Å². The molecule has 1 saturated heterocycles. The third-order valence-electron chi connectivity index (χ3n) is 4.61. The lowest BCUT2D eigenvalue weighted by Gasteiger charge is -2.37. The number of aliphatic imine (C=N–C) groups is 1. The monoisotopic (exact) mass is 414 g/mol. The maximum absolute atomic E-state index is 12.9. The molecule has 6 nitrogen and oxygen atoms in total. The van der Waals surface area contributed by atoms with Crippen molar-refractivity contribution in [2.75, 3.05) is 19.5 Å². The minimum absolute atomic E-state index is 0.0427. The number of methoxy groups -OCH3 is 1. The molecule has 0 bridgehead atoms. The molecule has 154 valence electrons. The standard InChI is InChI=1S/C22H26N2O4S/c1-14(2)13-28-21(26)20-15(3)23-22-24(19(25)11-12-29-22)17(20)10-9-16-7-5-6-8-18(16)27-4/h5-10,14,17H,11-13H2,1-4H3/b10-9+/t17-/m0/s1. The number of esters is 1. The number of hydrogen-bond acceptors (Lipinski definition) is 6. The van der Waals surface area contributed by atoms with Crippen molar-refractivity contribution in [1.82, 2.24) is 4.90 Å². The van der Waals surface area contributed by atoms with E-state index in [4.69, 9.17) is 9.47 Å². The molecule has 0 unspecified atom stereocenters. The molecular weight excluding hydrogens is 388 g/mol. The minimum Gasteiger partial charge on any atom is -0.496 e. The van der Waals surface area contributed by atoms with Crippen LogP contribution >= 0.6 is 11.8 Å². The van der Waals surface area contributed by atoms with Gasteiger partial charge in [-0.3, -0.25) is 9.69 Å². The number of ether oxygens (including phenoxy) is 2. The highest BCUT2D eigenvalue weighted by molar-refractivity contribution is 8.14. The van der Waals surface area contributed by atoms with E-state index in [1.807, 2.05) is 50.3 Å². The molecule has 1 fully saturated rings. The zero-order valence-corrected chi connectivity index (χ0v) is 18.0. The van der Waals surface area contributed by atoms with E-state index in [2.05, 4.69) is 4.99 Å². The van der Waals surface area contributed by atoms with Crippen LogP contribution < -0.4 is 4.74 Å². The van der Waals surface area contributed by atoms with E-state index in [1.165, 1.54) is 11.8 Å². The molecule has 3 rings (SSSR count). The molecule has 7 heteroatoms. The fourth-order valence-corrected chi connectivity index (χ4v) is 4.22. The number of para-hydroxylation sites is 1. The third-order valence-corrected chi connectivity index (χ3v) is 5.57. The van der Waals surface area contributed by atoms with E-state index in [1.54, 1.807) is 18.9 Å². The summed E-state index contributed by atoms with van der Waals surface area (Å²) in [4.78, 5) is 31.7. The topological polar surface area (TPSA) is 68.2 Å². The Balaban J connectivity index is 2.00. The number of rotatable bonds is 6. The lowest BCUT2D eigenvalue weighted by molar-refractivity contribution is -0.140. The van der Waals surface area contributed by atoms with Crippen LogP contribution in [0.3, 0.4) is 0 Å². The average Bonchev–Trinajstić information content (AvgIpc) is 2.70. The minimum atomic E-state index is -0.563. The second-order valence-corrected chi connectivity index (χ2v) is 8.36. The van der Waals surface area contributed by atoms with Gasteiger partial charge in [-0.15, -0.1) is 0 Å². The van der Waals surface area contributed by atoms with Crippen molar-refractivity contribution in [2.24, 2.45) is 10.9 Å². The van der Waals surface area contributed by atoms with Crippen molar-refractivity contribution in [1.29, 1.82) is 0 Å². The highest BCUT2D eigenvalue weighted by atomic mass is 32.2. The fourth-order valence-electron chi connectivity index (χ4n) is 3.20. The first kappa shape index (κ1) is 21.2. The summed E-state index contributed by atoms with van der Waals surface area (Å²) in [5.41, 5.74) is 1.85. The van der Waals surface area contributed by atoms with Crippen molar-refractivity contribution in [2.45, 2.75) is 33.2 Å². The van der Waals surface area contributed by atoms with Gasteiger partial charge in [0.25, 0.3) is 0 Å². The molecule has 0 aromatic heterocycles. The van der Waals surface area contributed by atoms with Crippen LogP contribution in [0.5, 0.6) is 5.75 Å². The van der Waals surface area contributed by atoms with Crippen molar-refractivity contribution >= 4 is 34.9 Å². The quantitative estimate of drug-likeness (QED) is 0.661. The average molecular weight is 415 g/mol. The zero-order chi connectivity index (χ0) is 21.0. The Morgan fingerprint density at radius 2 is 2.14 bits per heavy atom. The smallest absolute Gasteiger partial charge is 0.338 e. The van der Waals surface area contributed by atoms with E-state index in [0.29, 0.717) is 35.2 Å². The largest absolute Gasteiger partial charge is 0.496 e. The lowest BCUT2D eigenvalue weighted by Crippen LogP contribution is -2.49. The Bertz CT molecular complexity index is 889. The van der Waals surface area contributed by atoms with Gasteiger partial charge in [0.2, 0.25) is 5.91 Å². The molecule has 0 spiro atoms. The number of nitrogens with zero attached hydrogens (tertiary/aromatic N) is 2. The molecule has 0 saturated carbocycles. The molecule has 0 N–H and O–H groups in total. The number of thioether (sulfide) groups is 1. The molecule has 1 aromatic rings. The number of amidine groups is 1. The highest BCUT2D eigenvalue weighted by Gasteiger charge is 2.39. The van der Waals surface area contributed by atoms with Crippen LogP contribution in [0.4, 0.5) is 0 Å². The number of carbonyl (C=O) groups excluding carboxylic acids is 2. The summed E-state index contributed by atoms with van der Waals surface area (Å²) in [6.07, 6.45) is 4.14. The van der Waals surface area contributed by atoms with Crippen LogP contribution in [0.1, 0.15) is 32.8 Å². The molecule has 29 heavy (non-hydrogen) atoms. The second-order valence-electron chi connectivity index (χ2n) is 7.29. The number of amides is 1. The SMILES string of the molecule is COc1ccccc1/C=C/[C@H]1C(C(=O)OCC(C)C)=C(C)N=C2SCCC(=O)N21. The van der Waals surface area contributed by atoms with Crippen LogP contribution in [0, 0.1) is 5.92 Å². The summed E-state index contributed by atoms with van der Waals surface area (Å²) in [5, 5.41) is 0.633. The Hall–Kier alpha value is -2.54. The molecule has 2 heterocycles. The first-order valence-corrected chi connectivity index (χ1v) is 10.6. The molecule has 1 amide bonds. The maximum atomic E-state index is 12.9. The second kappa shape index (κ2) is 9.31. The Morgan fingerprint density at radius 1 is 1.38 bits per heavy atom. The normalized spacial score (nSPS) is 19.5. The van der Waals surface area contributed by atoms with Crippen molar-refractivity contribution in [3.63, 3.8) is 0 Å². The number of hydrogen-bond donors (Lipinski definition) is 0. The van der Waals surface area contributed by atoms with Gasteiger partial charge in [-0.25, -0.2) is 9.79 Å². The summed E-state index contributed by atoms with van der Waals surface area (Å²) in [6.45, 7) is 6.07. The van der Waals surface area contributed by atoms with Gasteiger partial charge in [0, 0.05) is 17.7 Å². The Labute approximate surface area is 175 Å². The van der Waals surface area contributed by atoms with Crippen LogP contribution in [0.2, 0.25) is 0 Å². The van der Waals surface area contributed by atoms with E-state index in [9.17, 15) is 9.59 Å². The van der Waals surface area contributed by atoms with E-state index < -0.39 is 12.0 Å². The highest BCUT2D eigenvalue weighted by Crippen LogP contribution is 2.33. The van der Waals surface area contributed by atoms with Crippen molar-refractivity contribution in [3.8, 4) is 5.75 Å². The first-order chi connectivity index (χ1) is 13.9. The van der Waals surface area contributed by atoms with Gasteiger partial charge in [0.1, 0.15) is 5.75 Å². The van der Waals surface area contributed by atoms with Gasteiger partial charge in [-0.1, -0.05) is 56.0 Å². The van der Waals surface area contributed by atoms with Gasteiger partial charge in [-0.2, -0.15) is 0 Å². The predicted molar refractivity (Wildman–Crippen MR) is 116 cm³/mol. The molecule has 1 atom stereocenters. The van der Waals surface area contributed by atoms with Gasteiger partial charge in [-0.05, 0) is 18.9 Å². The number of carbonyl (C=O) groups is 2. The third kappa shape index (κ3) is 4.72. The summed E-state index contributed by atoms with van der Waals surface area (Å²) >= 11 is 1.53. The van der Waals surface area contributed by atoms with Gasteiger partial charge in [0.05, 0.1) is 31.0 Å². The predicted octanol–water partition coefficient (Wildman–Crippen LogP) is 3.89. The summed E-state index contributed by atoms with van der Waals surface area (Å²) in [6, 6.07) is 7.04. The molecule has 2 aliphatic rings. The van der Waals surface area contributed by atoms with Crippen LogP contribution in [0.25, 0.3) is 6.08 Å². The molecular formula is C22H26N2O4S. The molecule has 1 aromatic carbocycles. The van der Waals surface area contributed by atoms with E-state index >= 15 is 0 Å². The Morgan fingerprint density at radius 3 is 2.86 bits per heavy atom. The summed E-state index contributed by atoms with van der Waals surface area (Å²) < 4.78 is 10.9. The summed E-state index contributed by atoms with van der Waals surface area (Å²) in [7, 11) is 1.61. The maximum Gasteiger partial charge on any atom is 0.338 e. The van der Waals surface area contributed by atoms with Crippen LogP contribution in [-0.4, -0.2) is 47.5 Å². The van der Waals surface area contributed by atoms with E-state index in [0.717, 1.165) is 11.3 Å². The summed E-state index contributed by atoms with van der Waals surface area (Å²) in [5.74, 6) is 1.16. The number of allylic oxidation sites excluding steroid dienone is 1.